The molecule has 0 aliphatic carbocycles. The number of urea groups is 1. The fraction of sp³-hybridized carbons (Fsp3) is 0.467. The molecule has 1 aliphatic rings. The third kappa shape index (κ3) is 3.73. The zero-order valence-electron chi connectivity index (χ0n) is 11.8. The average Bonchev–Trinajstić information content (AvgIpc) is 2.45. The van der Waals surface area contributed by atoms with Crippen LogP contribution >= 0.6 is 0 Å². The van der Waals surface area contributed by atoms with Gasteiger partial charge in [-0.25, -0.2) is 4.79 Å². The smallest absolute Gasteiger partial charge is 0.317 e. The first kappa shape index (κ1) is 14.4. The van der Waals surface area contributed by atoms with Crippen LogP contribution < -0.4 is 11.1 Å². The zero-order valence-corrected chi connectivity index (χ0v) is 11.8. The predicted octanol–water partition coefficient (Wildman–Crippen LogP) is 1.40. The third-order valence-electron chi connectivity index (χ3n) is 3.64. The van der Waals surface area contributed by atoms with Gasteiger partial charge in [0.25, 0.3) is 0 Å². The van der Waals surface area contributed by atoms with Crippen LogP contribution in [0.25, 0.3) is 0 Å². The minimum atomic E-state index is -0.318. The Bertz CT molecular complexity index is 502. The summed E-state index contributed by atoms with van der Waals surface area (Å²) in [5.41, 5.74) is 7.55. The number of nitrogens with one attached hydrogen (secondary N) is 1. The van der Waals surface area contributed by atoms with Crippen LogP contribution in [0.1, 0.15) is 24.0 Å². The number of rotatable bonds is 3. The van der Waals surface area contributed by atoms with Crippen molar-refractivity contribution in [2.45, 2.75) is 26.3 Å². The summed E-state index contributed by atoms with van der Waals surface area (Å²) in [6, 6.07) is 7.89. The lowest BCUT2D eigenvalue weighted by Gasteiger charge is -2.31. The first-order chi connectivity index (χ1) is 9.56. The lowest BCUT2D eigenvalue weighted by atomic mass is 9.98. The molecule has 0 saturated carbocycles. The largest absolute Gasteiger partial charge is 0.369 e. The predicted molar refractivity (Wildman–Crippen MR) is 76.9 cm³/mol. The highest BCUT2D eigenvalue weighted by atomic mass is 16.2. The first-order valence-electron chi connectivity index (χ1n) is 6.94. The SMILES string of the molecule is Cc1cccc(CNC(=O)N2CCC[C@H](C(N)=O)C2)c1. The number of nitrogens with zero attached hydrogens (tertiary/aromatic N) is 1. The van der Waals surface area contributed by atoms with E-state index < -0.39 is 0 Å². The summed E-state index contributed by atoms with van der Waals surface area (Å²) in [6.07, 6.45) is 1.60. The van der Waals surface area contributed by atoms with Crippen LogP contribution in [0.5, 0.6) is 0 Å². The van der Waals surface area contributed by atoms with Gasteiger partial charge in [-0.2, -0.15) is 0 Å². The van der Waals surface area contributed by atoms with Crippen LogP contribution in [-0.2, 0) is 11.3 Å². The van der Waals surface area contributed by atoms with Gasteiger partial charge in [0.05, 0.1) is 5.92 Å². The van der Waals surface area contributed by atoms with Crippen molar-refractivity contribution >= 4 is 11.9 Å². The molecule has 5 nitrogen and oxygen atoms in total. The van der Waals surface area contributed by atoms with Gasteiger partial charge in [-0.05, 0) is 25.3 Å². The van der Waals surface area contributed by atoms with E-state index in [0.717, 1.165) is 18.4 Å². The minimum absolute atomic E-state index is 0.127. The number of hydrogen-bond donors (Lipinski definition) is 2. The number of primary amides is 1. The maximum atomic E-state index is 12.1. The molecular formula is C15H21N3O2. The van der Waals surface area contributed by atoms with Crippen LogP contribution in [0.15, 0.2) is 24.3 Å². The Morgan fingerprint density at radius 3 is 2.95 bits per heavy atom. The minimum Gasteiger partial charge on any atom is -0.369 e. The van der Waals surface area contributed by atoms with Crippen molar-refractivity contribution in [2.75, 3.05) is 13.1 Å². The Labute approximate surface area is 119 Å². The Kier molecular flexibility index (Phi) is 4.61. The quantitative estimate of drug-likeness (QED) is 0.875. The molecular weight excluding hydrogens is 254 g/mol. The summed E-state index contributed by atoms with van der Waals surface area (Å²) in [6.45, 7) is 3.63. The molecule has 108 valence electrons. The highest BCUT2D eigenvalue weighted by molar-refractivity contribution is 5.79. The monoisotopic (exact) mass is 275 g/mol. The van der Waals surface area contributed by atoms with E-state index in [1.807, 2.05) is 31.2 Å². The maximum absolute atomic E-state index is 12.1. The number of likely N-dealkylation sites (tertiary alicyclic amines) is 1. The van der Waals surface area contributed by atoms with Gasteiger partial charge in [-0.3, -0.25) is 4.79 Å². The molecule has 3 amide bonds. The number of hydrogen-bond acceptors (Lipinski definition) is 2. The van der Waals surface area contributed by atoms with Crippen molar-refractivity contribution in [1.82, 2.24) is 10.2 Å². The van der Waals surface area contributed by atoms with Gasteiger partial charge < -0.3 is 16.0 Å². The summed E-state index contributed by atoms with van der Waals surface area (Å²) in [4.78, 5) is 25.0. The average molecular weight is 275 g/mol. The zero-order chi connectivity index (χ0) is 14.5. The van der Waals surface area contributed by atoms with E-state index >= 15 is 0 Å². The highest BCUT2D eigenvalue weighted by Crippen LogP contribution is 2.16. The third-order valence-corrected chi connectivity index (χ3v) is 3.64. The summed E-state index contributed by atoms with van der Waals surface area (Å²) in [5, 5.41) is 2.89. The van der Waals surface area contributed by atoms with E-state index in [0.29, 0.717) is 19.6 Å². The van der Waals surface area contributed by atoms with Gasteiger partial charge in [0.1, 0.15) is 0 Å². The molecule has 1 heterocycles. The van der Waals surface area contributed by atoms with Crippen LogP contribution in [0.2, 0.25) is 0 Å². The van der Waals surface area contributed by atoms with Gasteiger partial charge in [0.2, 0.25) is 5.91 Å². The Hall–Kier alpha value is -2.04. The fourth-order valence-electron chi connectivity index (χ4n) is 2.51. The molecule has 5 heteroatoms. The standard InChI is InChI=1S/C15H21N3O2/c1-11-4-2-5-12(8-11)9-17-15(20)18-7-3-6-13(10-18)14(16)19/h2,4-5,8,13H,3,6-7,9-10H2,1H3,(H2,16,19)(H,17,20)/t13-/m0/s1. The lowest BCUT2D eigenvalue weighted by Crippen LogP contribution is -2.47. The van der Waals surface area contributed by atoms with Gasteiger partial charge in [0, 0.05) is 19.6 Å². The van der Waals surface area contributed by atoms with E-state index in [1.54, 1.807) is 4.90 Å². The first-order valence-corrected chi connectivity index (χ1v) is 6.94. The summed E-state index contributed by atoms with van der Waals surface area (Å²) >= 11 is 0. The Morgan fingerprint density at radius 2 is 2.25 bits per heavy atom. The number of carbonyl (C=O) groups excluding carboxylic acids is 2. The van der Waals surface area contributed by atoms with Crippen molar-refractivity contribution in [3.63, 3.8) is 0 Å². The number of aryl methyl sites for hydroxylation is 1. The number of nitrogens with two attached hydrogens (primary N) is 1. The number of piperidine rings is 1. The normalized spacial score (nSPS) is 18.6. The van der Waals surface area contributed by atoms with E-state index in [-0.39, 0.29) is 17.9 Å². The second-order valence-electron chi connectivity index (χ2n) is 5.34. The van der Waals surface area contributed by atoms with Crippen molar-refractivity contribution in [1.29, 1.82) is 0 Å². The fourth-order valence-corrected chi connectivity index (χ4v) is 2.51. The molecule has 1 aromatic rings. The van der Waals surface area contributed by atoms with Crippen molar-refractivity contribution in [2.24, 2.45) is 11.7 Å². The number of amides is 3. The molecule has 1 aromatic carbocycles. The molecule has 1 atom stereocenters. The lowest BCUT2D eigenvalue weighted by molar-refractivity contribution is -0.123. The second kappa shape index (κ2) is 6.41. The topological polar surface area (TPSA) is 75.4 Å². The Balaban J connectivity index is 1.87. The highest BCUT2D eigenvalue weighted by Gasteiger charge is 2.26. The maximum Gasteiger partial charge on any atom is 0.317 e. The number of benzene rings is 1. The van der Waals surface area contributed by atoms with Crippen molar-refractivity contribution < 1.29 is 9.59 Å². The van der Waals surface area contributed by atoms with Gasteiger partial charge in [-0.15, -0.1) is 0 Å². The summed E-state index contributed by atoms with van der Waals surface area (Å²) in [5.74, 6) is -0.533. The molecule has 20 heavy (non-hydrogen) atoms. The van der Waals surface area contributed by atoms with Crippen LogP contribution in [0.3, 0.4) is 0 Å². The van der Waals surface area contributed by atoms with Crippen LogP contribution in [0, 0.1) is 12.8 Å². The molecule has 1 fully saturated rings. The molecule has 0 spiro atoms. The van der Waals surface area contributed by atoms with Gasteiger partial charge in [0.15, 0.2) is 0 Å². The Morgan fingerprint density at radius 1 is 1.45 bits per heavy atom. The van der Waals surface area contributed by atoms with Gasteiger partial charge in [-0.1, -0.05) is 29.8 Å². The molecule has 1 aliphatic heterocycles. The van der Waals surface area contributed by atoms with E-state index in [4.69, 9.17) is 5.73 Å². The molecule has 0 bridgehead atoms. The van der Waals surface area contributed by atoms with Crippen molar-refractivity contribution in [3.8, 4) is 0 Å². The van der Waals surface area contributed by atoms with Crippen molar-refractivity contribution in [3.05, 3.63) is 35.4 Å². The molecule has 3 N–H and O–H groups in total. The van der Waals surface area contributed by atoms with Crippen LogP contribution in [-0.4, -0.2) is 29.9 Å². The number of carbonyl (C=O) groups is 2. The summed E-state index contributed by atoms with van der Waals surface area (Å²) in [7, 11) is 0. The molecule has 0 unspecified atom stereocenters. The van der Waals surface area contributed by atoms with E-state index in [9.17, 15) is 9.59 Å². The van der Waals surface area contributed by atoms with Crippen LogP contribution in [0.4, 0.5) is 4.79 Å². The molecule has 1 saturated heterocycles. The van der Waals surface area contributed by atoms with Gasteiger partial charge >= 0.3 is 6.03 Å². The molecule has 2 rings (SSSR count). The molecule has 0 radical (unpaired) electrons. The molecule has 0 aromatic heterocycles. The van der Waals surface area contributed by atoms with E-state index in [2.05, 4.69) is 5.32 Å². The summed E-state index contributed by atoms with van der Waals surface area (Å²) < 4.78 is 0. The van der Waals surface area contributed by atoms with E-state index in [1.165, 1.54) is 5.56 Å². The second-order valence-corrected chi connectivity index (χ2v) is 5.34.